The van der Waals surface area contributed by atoms with Crippen LogP contribution in [0.1, 0.15) is 69.1 Å². The van der Waals surface area contributed by atoms with Gasteiger partial charge in [0, 0.05) is 19.0 Å². The molecule has 2 amide bonds. The van der Waals surface area contributed by atoms with E-state index in [1.165, 1.54) is 53.3 Å². The predicted octanol–water partition coefficient (Wildman–Crippen LogP) is 6.09. The fourth-order valence-corrected chi connectivity index (χ4v) is 9.81. The summed E-state index contributed by atoms with van der Waals surface area (Å²) in [5.74, 6) is 2.27. The van der Waals surface area contributed by atoms with Crippen LogP contribution in [-0.2, 0) is 38.0 Å². The quantitative estimate of drug-likeness (QED) is 0.237. The molecule has 4 fully saturated rings. The number of amides is 2. The largest absolute Gasteiger partial charge is 0.497 e. The van der Waals surface area contributed by atoms with Crippen LogP contribution >= 0.6 is 0 Å². The first-order valence-electron chi connectivity index (χ1n) is 17.3. The Morgan fingerprint density at radius 1 is 0.875 bits per heavy atom. The number of benzene rings is 3. The fraction of sp³-hybridized carbons (Fsp3) is 0.487. The number of hydrogen-bond acceptors (Lipinski definition) is 5. The number of anilines is 1. The van der Waals surface area contributed by atoms with Gasteiger partial charge in [0.1, 0.15) is 18.3 Å². The molecule has 0 unspecified atom stereocenters. The third-order valence-corrected chi connectivity index (χ3v) is 11.8. The first kappa shape index (κ1) is 34.0. The molecule has 3 aromatic rings. The molecule has 8 nitrogen and oxygen atoms in total. The van der Waals surface area contributed by atoms with Gasteiger partial charge >= 0.3 is 0 Å². The van der Waals surface area contributed by atoms with Crippen molar-refractivity contribution in [3.63, 3.8) is 0 Å². The summed E-state index contributed by atoms with van der Waals surface area (Å²) in [6.45, 7) is 3.43. The van der Waals surface area contributed by atoms with Gasteiger partial charge in [0.25, 0.3) is 0 Å². The van der Waals surface area contributed by atoms with Crippen LogP contribution in [0.25, 0.3) is 0 Å². The molecule has 0 radical (unpaired) electrons. The summed E-state index contributed by atoms with van der Waals surface area (Å²) in [5, 5.41) is 2.99. The highest BCUT2D eigenvalue weighted by atomic mass is 32.2. The smallest absolute Gasteiger partial charge is 0.244 e. The van der Waals surface area contributed by atoms with Gasteiger partial charge in [-0.3, -0.25) is 13.9 Å². The zero-order chi connectivity index (χ0) is 34.1. The predicted molar refractivity (Wildman–Crippen MR) is 189 cm³/mol. The van der Waals surface area contributed by atoms with Gasteiger partial charge in [-0.1, -0.05) is 54.6 Å². The van der Waals surface area contributed by atoms with E-state index < -0.39 is 28.5 Å². The second kappa shape index (κ2) is 13.9. The number of hydrogen-bond donors (Lipinski definition) is 1. The van der Waals surface area contributed by atoms with E-state index in [1.807, 2.05) is 80.6 Å². The van der Waals surface area contributed by atoms with E-state index in [2.05, 4.69) is 17.4 Å². The first-order chi connectivity index (χ1) is 22.9. The molecule has 4 aliphatic rings. The Labute approximate surface area is 285 Å². The number of sulfonamides is 1. The molecule has 7 rings (SSSR count). The second-order valence-electron chi connectivity index (χ2n) is 14.8. The van der Waals surface area contributed by atoms with E-state index in [4.69, 9.17) is 4.74 Å². The molecule has 9 heteroatoms. The Kier molecular flexibility index (Phi) is 9.88. The molecule has 0 saturated heterocycles. The summed E-state index contributed by atoms with van der Waals surface area (Å²) in [6.07, 6.45) is 9.11. The number of nitrogens with one attached hydrogen (secondary N) is 1. The van der Waals surface area contributed by atoms with Crippen molar-refractivity contribution in [2.24, 2.45) is 17.8 Å². The Morgan fingerprint density at radius 3 is 2.04 bits per heavy atom. The average molecular weight is 672 g/mol. The second-order valence-corrected chi connectivity index (χ2v) is 16.7. The molecule has 256 valence electrons. The van der Waals surface area contributed by atoms with Crippen molar-refractivity contribution in [3.8, 4) is 5.75 Å². The van der Waals surface area contributed by atoms with Crippen LogP contribution < -0.4 is 14.4 Å². The van der Waals surface area contributed by atoms with Crippen molar-refractivity contribution in [1.82, 2.24) is 10.2 Å². The molecule has 4 aliphatic carbocycles. The molecule has 48 heavy (non-hydrogen) atoms. The topological polar surface area (TPSA) is 96.0 Å². The van der Waals surface area contributed by atoms with Gasteiger partial charge < -0.3 is 15.0 Å². The SMILES string of the molecule is COc1cccc(CN(C(=O)CN(c2ccc(C34CC5CC(CC(C5)C3)C4)cc2)S(C)(=O)=O)[C@@H](Cc2ccccc2)C(=O)NC(C)C)c1. The monoisotopic (exact) mass is 671 g/mol. The number of rotatable bonds is 13. The summed E-state index contributed by atoms with van der Waals surface area (Å²) in [4.78, 5) is 29.8. The average Bonchev–Trinajstić information content (AvgIpc) is 3.04. The van der Waals surface area contributed by atoms with E-state index in [1.54, 1.807) is 7.11 Å². The maximum absolute atomic E-state index is 14.5. The minimum atomic E-state index is -3.85. The number of carbonyl (C=O) groups is 2. The van der Waals surface area contributed by atoms with E-state index in [-0.39, 0.29) is 30.3 Å². The maximum atomic E-state index is 14.5. The lowest BCUT2D eigenvalue weighted by molar-refractivity contribution is -0.140. The zero-order valence-electron chi connectivity index (χ0n) is 28.6. The van der Waals surface area contributed by atoms with Crippen molar-refractivity contribution in [3.05, 3.63) is 95.6 Å². The molecule has 0 spiro atoms. The number of carbonyl (C=O) groups excluding carboxylic acids is 2. The Hall–Kier alpha value is -3.85. The molecule has 0 aromatic heterocycles. The third-order valence-electron chi connectivity index (χ3n) is 10.7. The van der Waals surface area contributed by atoms with E-state index in [0.717, 1.165) is 35.1 Å². The summed E-state index contributed by atoms with van der Waals surface area (Å²) in [6, 6.07) is 23.8. The molecule has 3 aromatic carbocycles. The van der Waals surface area contributed by atoms with Crippen molar-refractivity contribution in [2.75, 3.05) is 24.2 Å². The van der Waals surface area contributed by atoms with Crippen molar-refractivity contribution in [1.29, 1.82) is 0 Å². The summed E-state index contributed by atoms with van der Waals surface area (Å²) >= 11 is 0. The Bertz CT molecular complexity index is 1670. The van der Waals surface area contributed by atoms with Gasteiger partial charge in [0.2, 0.25) is 21.8 Å². The minimum absolute atomic E-state index is 0.0988. The van der Waals surface area contributed by atoms with Crippen LogP contribution in [0.4, 0.5) is 5.69 Å². The van der Waals surface area contributed by atoms with Gasteiger partial charge in [0.15, 0.2) is 0 Å². The Morgan fingerprint density at radius 2 is 1.48 bits per heavy atom. The lowest BCUT2D eigenvalue weighted by atomic mass is 9.48. The third kappa shape index (κ3) is 7.56. The molecule has 4 bridgehead atoms. The van der Waals surface area contributed by atoms with Crippen LogP contribution in [0.5, 0.6) is 5.75 Å². The number of ether oxygens (including phenoxy) is 1. The van der Waals surface area contributed by atoms with E-state index >= 15 is 0 Å². The lowest BCUT2D eigenvalue weighted by Gasteiger charge is -2.57. The molecule has 1 N–H and O–H groups in total. The van der Waals surface area contributed by atoms with Crippen molar-refractivity contribution in [2.45, 2.75) is 82.8 Å². The van der Waals surface area contributed by atoms with Crippen LogP contribution in [0.2, 0.25) is 0 Å². The molecule has 0 heterocycles. The zero-order valence-corrected chi connectivity index (χ0v) is 29.4. The van der Waals surface area contributed by atoms with Gasteiger partial charge in [-0.2, -0.15) is 0 Å². The highest BCUT2D eigenvalue weighted by Gasteiger charge is 2.51. The Balaban J connectivity index is 1.31. The van der Waals surface area contributed by atoms with Gasteiger partial charge in [-0.15, -0.1) is 0 Å². The highest BCUT2D eigenvalue weighted by molar-refractivity contribution is 7.92. The van der Waals surface area contributed by atoms with Crippen LogP contribution in [0.3, 0.4) is 0 Å². The van der Waals surface area contributed by atoms with Crippen LogP contribution in [0.15, 0.2) is 78.9 Å². The van der Waals surface area contributed by atoms with Gasteiger partial charge in [0.05, 0.1) is 19.1 Å². The normalized spacial score (nSPS) is 23.5. The van der Waals surface area contributed by atoms with Crippen LogP contribution in [0, 0.1) is 17.8 Å². The van der Waals surface area contributed by atoms with E-state index in [0.29, 0.717) is 11.4 Å². The summed E-state index contributed by atoms with van der Waals surface area (Å²) in [5.41, 5.74) is 3.58. The lowest BCUT2D eigenvalue weighted by Crippen LogP contribution is -2.54. The summed E-state index contributed by atoms with van der Waals surface area (Å²) < 4.78 is 33.3. The number of nitrogens with zero attached hydrogens (tertiary/aromatic N) is 2. The molecular formula is C39H49N3O5S. The summed E-state index contributed by atoms with van der Waals surface area (Å²) in [7, 11) is -2.27. The van der Waals surface area contributed by atoms with Crippen molar-refractivity contribution < 1.29 is 22.7 Å². The fourth-order valence-electron chi connectivity index (χ4n) is 8.96. The highest BCUT2D eigenvalue weighted by Crippen LogP contribution is 2.60. The molecular weight excluding hydrogens is 623 g/mol. The molecule has 1 atom stereocenters. The van der Waals surface area contributed by atoms with Crippen molar-refractivity contribution >= 4 is 27.5 Å². The molecule has 4 saturated carbocycles. The molecule has 0 aliphatic heterocycles. The maximum Gasteiger partial charge on any atom is 0.244 e. The standard InChI is InChI=1S/C39H49N3O5S/c1-27(2)40-38(44)36(21-28-9-6-5-7-10-28)41(25-29-11-8-12-35(20-29)47-3)37(43)26-42(48(4,45)46)34-15-13-33(14-16-34)39-22-30-17-31(23-39)19-32(18-30)24-39/h5-16,20,27,30-32,36H,17-19,21-26H2,1-4H3,(H,40,44)/t30?,31?,32?,36-,39?/m0/s1. The van der Waals surface area contributed by atoms with E-state index in [9.17, 15) is 18.0 Å². The van der Waals surface area contributed by atoms with Gasteiger partial charge in [-0.05, 0) is 116 Å². The number of methoxy groups -OCH3 is 1. The first-order valence-corrected chi connectivity index (χ1v) is 19.1. The minimum Gasteiger partial charge on any atom is -0.497 e. The van der Waals surface area contributed by atoms with Gasteiger partial charge in [-0.25, -0.2) is 8.42 Å². The van der Waals surface area contributed by atoms with Crippen LogP contribution in [-0.4, -0.2) is 57.1 Å².